The Hall–Kier alpha value is -1.79. The van der Waals surface area contributed by atoms with Gasteiger partial charge in [-0.1, -0.05) is 0 Å². The number of morpholine rings is 1. The molecule has 0 aromatic carbocycles. The summed E-state index contributed by atoms with van der Waals surface area (Å²) in [5.41, 5.74) is 1.99. The van der Waals surface area contributed by atoms with Gasteiger partial charge in [-0.3, -0.25) is 9.78 Å². The second-order valence-electron chi connectivity index (χ2n) is 4.88. The first kappa shape index (κ1) is 14.2. The summed E-state index contributed by atoms with van der Waals surface area (Å²) in [5.74, 6) is 0.189. The van der Waals surface area contributed by atoms with E-state index in [1.165, 1.54) is 0 Å². The molecule has 1 fully saturated rings. The minimum atomic E-state index is 0.189. The lowest BCUT2D eigenvalue weighted by Gasteiger charge is -2.26. The summed E-state index contributed by atoms with van der Waals surface area (Å²) in [4.78, 5) is 22.6. The fourth-order valence-corrected chi connectivity index (χ4v) is 3.09. The number of pyridine rings is 1. The molecule has 0 radical (unpaired) electrons. The van der Waals surface area contributed by atoms with E-state index in [1.807, 2.05) is 28.6 Å². The Morgan fingerprint density at radius 3 is 3.00 bits per heavy atom. The van der Waals surface area contributed by atoms with Crippen LogP contribution in [0.4, 0.5) is 0 Å². The third-order valence-corrected chi connectivity index (χ3v) is 4.36. The summed E-state index contributed by atoms with van der Waals surface area (Å²) >= 11 is 1.59. The number of carbonyl (C=O) groups is 1. The largest absolute Gasteiger partial charge is 0.378 e. The van der Waals surface area contributed by atoms with Gasteiger partial charge in [0.25, 0.3) is 0 Å². The van der Waals surface area contributed by atoms with Crippen molar-refractivity contribution in [3.63, 3.8) is 0 Å². The fourth-order valence-electron chi connectivity index (χ4n) is 2.25. The molecule has 0 bridgehead atoms. The third kappa shape index (κ3) is 3.65. The maximum absolute atomic E-state index is 12.1. The lowest BCUT2D eigenvalue weighted by molar-refractivity contribution is -0.135. The summed E-state index contributed by atoms with van der Waals surface area (Å²) in [7, 11) is 0. The zero-order valence-electron chi connectivity index (χ0n) is 11.7. The van der Waals surface area contributed by atoms with Crippen LogP contribution in [0.2, 0.25) is 0 Å². The number of aryl methyl sites for hydroxylation is 1. The van der Waals surface area contributed by atoms with Crippen LogP contribution < -0.4 is 0 Å². The standard InChI is InChI=1S/C15H17N3O2S/c19-14(18-6-8-20-9-7-18)4-3-13-11-21-15(17-13)12-2-1-5-16-10-12/h1-2,5,10-11H,3-4,6-9H2. The second-order valence-corrected chi connectivity index (χ2v) is 5.74. The van der Waals surface area contributed by atoms with Crippen molar-refractivity contribution in [2.24, 2.45) is 0 Å². The lowest BCUT2D eigenvalue weighted by Crippen LogP contribution is -2.40. The predicted octanol–water partition coefficient (Wildman–Crippen LogP) is 2.00. The zero-order valence-corrected chi connectivity index (χ0v) is 12.5. The number of carbonyl (C=O) groups excluding carboxylic acids is 1. The molecule has 6 heteroatoms. The number of amides is 1. The van der Waals surface area contributed by atoms with Crippen molar-refractivity contribution in [1.82, 2.24) is 14.9 Å². The van der Waals surface area contributed by atoms with Crippen LogP contribution >= 0.6 is 11.3 Å². The Kier molecular flexibility index (Phi) is 4.57. The van der Waals surface area contributed by atoms with Gasteiger partial charge in [-0.05, 0) is 18.6 Å². The molecule has 5 nitrogen and oxygen atoms in total. The van der Waals surface area contributed by atoms with E-state index in [0.717, 1.165) is 16.3 Å². The average Bonchev–Trinajstić information content (AvgIpc) is 3.03. The van der Waals surface area contributed by atoms with Crippen LogP contribution in [0.15, 0.2) is 29.9 Å². The number of hydrogen-bond donors (Lipinski definition) is 0. The normalized spacial score (nSPS) is 15.1. The van der Waals surface area contributed by atoms with Gasteiger partial charge in [0.15, 0.2) is 0 Å². The summed E-state index contributed by atoms with van der Waals surface area (Å²) in [6, 6.07) is 3.90. The molecule has 0 saturated carbocycles. The maximum Gasteiger partial charge on any atom is 0.223 e. The maximum atomic E-state index is 12.1. The van der Waals surface area contributed by atoms with Crippen molar-refractivity contribution >= 4 is 17.2 Å². The molecule has 110 valence electrons. The van der Waals surface area contributed by atoms with E-state index < -0.39 is 0 Å². The third-order valence-electron chi connectivity index (χ3n) is 3.42. The SMILES string of the molecule is O=C(CCc1csc(-c2cccnc2)n1)N1CCOCC1. The van der Waals surface area contributed by atoms with Crippen molar-refractivity contribution in [2.45, 2.75) is 12.8 Å². The Morgan fingerprint density at radius 2 is 2.24 bits per heavy atom. The van der Waals surface area contributed by atoms with Crippen LogP contribution in [0.25, 0.3) is 10.6 Å². The van der Waals surface area contributed by atoms with Gasteiger partial charge in [-0.25, -0.2) is 4.98 Å². The highest BCUT2D eigenvalue weighted by molar-refractivity contribution is 7.13. The Bertz CT molecular complexity index is 594. The van der Waals surface area contributed by atoms with Gasteiger partial charge < -0.3 is 9.64 Å². The molecule has 0 N–H and O–H groups in total. The van der Waals surface area contributed by atoms with Gasteiger partial charge in [0.1, 0.15) is 5.01 Å². The number of ether oxygens (including phenoxy) is 1. The molecule has 21 heavy (non-hydrogen) atoms. The van der Waals surface area contributed by atoms with Crippen molar-refractivity contribution in [1.29, 1.82) is 0 Å². The molecule has 0 aliphatic carbocycles. The Morgan fingerprint density at radius 1 is 1.38 bits per heavy atom. The summed E-state index contributed by atoms with van der Waals surface area (Å²) in [6.45, 7) is 2.70. The van der Waals surface area contributed by atoms with E-state index in [0.29, 0.717) is 39.1 Å². The van der Waals surface area contributed by atoms with Crippen LogP contribution in [0.5, 0.6) is 0 Å². The van der Waals surface area contributed by atoms with E-state index in [1.54, 1.807) is 17.5 Å². The lowest BCUT2D eigenvalue weighted by atomic mass is 10.2. The number of hydrogen-bond acceptors (Lipinski definition) is 5. The molecular formula is C15H17N3O2S. The van der Waals surface area contributed by atoms with Crippen molar-refractivity contribution in [3.8, 4) is 10.6 Å². The second kappa shape index (κ2) is 6.78. The van der Waals surface area contributed by atoms with Gasteiger partial charge in [0.05, 0.1) is 18.9 Å². The van der Waals surface area contributed by atoms with Crippen LogP contribution in [-0.2, 0) is 16.0 Å². The highest BCUT2D eigenvalue weighted by atomic mass is 32.1. The van der Waals surface area contributed by atoms with Crippen LogP contribution in [0, 0.1) is 0 Å². The topological polar surface area (TPSA) is 55.3 Å². The first-order chi connectivity index (χ1) is 10.3. The smallest absolute Gasteiger partial charge is 0.223 e. The molecule has 1 aliphatic rings. The van der Waals surface area contributed by atoms with Gasteiger partial charge in [-0.15, -0.1) is 11.3 Å². The zero-order chi connectivity index (χ0) is 14.5. The summed E-state index contributed by atoms with van der Waals surface area (Å²) < 4.78 is 5.25. The minimum Gasteiger partial charge on any atom is -0.378 e. The van der Waals surface area contributed by atoms with Gasteiger partial charge in [-0.2, -0.15) is 0 Å². The minimum absolute atomic E-state index is 0.189. The van der Waals surface area contributed by atoms with Crippen LogP contribution in [0.3, 0.4) is 0 Å². The first-order valence-electron chi connectivity index (χ1n) is 7.03. The molecule has 0 atom stereocenters. The summed E-state index contributed by atoms with van der Waals surface area (Å²) in [6.07, 6.45) is 4.75. The van der Waals surface area contributed by atoms with Crippen molar-refractivity contribution in [3.05, 3.63) is 35.6 Å². The molecule has 0 spiro atoms. The number of nitrogens with zero attached hydrogens (tertiary/aromatic N) is 3. The fraction of sp³-hybridized carbons (Fsp3) is 0.400. The van der Waals surface area contributed by atoms with Crippen LogP contribution in [-0.4, -0.2) is 47.1 Å². The van der Waals surface area contributed by atoms with Crippen LogP contribution in [0.1, 0.15) is 12.1 Å². The highest BCUT2D eigenvalue weighted by Gasteiger charge is 2.17. The van der Waals surface area contributed by atoms with E-state index in [4.69, 9.17) is 4.74 Å². The van der Waals surface area contributed by atoms with E-state index in [9.17, 15) is 4.79 Å². The van der Waals surface area contributed by atoms with Gasteiger partial charge in [0.2, 0.25) is 5.91 Å². The van der Waals surface area contributed by atoms with Crippen molar-refractivity contribution < 1.29 is 9.53 Å². The number of thiazole rings is 1. The molecule has 3 heterocycles. The molecule has 2 aromatic rings. The quantitative estimate of drug-likeness (QED) is 0.867. The molecular weight excluding hydrogens is 286 g/mol. The molecule has 3 rings (SSSR count). The molecule has 0 unspecified atom stereocenters. The Balaban J connectivity index is 1.56. The van der Waals surface area contributed by atoms with Gasteiger partial charge in [0, 0.05) is 42.8 Å². The number of rotatable bonds is 4. The number of aromatic nitrogens is 2. The van der Waals surface area contributed by atoms with Gasteiger partial charge >= 0.3 is 0 Å². The molecule has 2 aromatic heterocycles. The first-order valence-corrected chi connectivity index (χ1v) is 7.91. The molecule has 1 aliphatic heterocycles. The molecule has 1 saturated heterocycles. The van der Waals surface area contributed by atoms with E-state index in [2.05, 4.69) is 9.97 Å². The van der Waals surface area contributed by atoms with E-state index >= 15 is 0 Å². The van der Waals surface area contributed by atoms with Crippen molar-refractivity contribution in [2.75, 3.05) is 26.3 Å². The Labute approximate surface area is 127 Å². The average molecular weight is 303 g/mol. The highest BCUT2D eigenvalue weighted by Crippen LogP contribution is 2.23. The van der Waals surface area contributed by atoms with E-state index in [-0.39, 0.29) is 5.91 Å². The molecule has 1 amide bonds. The monoisotopic (exact) mass is 303 g/mol. The predicted molar refractivity (Wildman–Crippen MR) is 81.1 cm³/mol. The summed E-state index contributed by atoms with van der Waals surface area (Å²) in [5, 5.41) is 2.98.